The first-order valence-electron chi connectivity index (χ1n) is 13.0. The minimum absolute atomic E-state index is 0.114. The molecule has 4 aromatic rings. The molecule has 0 fully saturated rings. The number of hydrogen-bond acceptors (Lipinski definition) is 6. The van der Waals surface area contributed by atoms with Gasteiger partial charge in [-0.2, -0.15) is 0 Å². The highest BCUT2D eigenvalue weighted by atomic mass is 32.2. The Hall–Kier alpha value is -4.32. The molecule has 0 heterocycles. The van der Waals surface area contributed by atoms with Crippen LogP contribution in [0.15, 0.2) is 84.9 Å². The molecule has 11 heteroatoms. The fourth-order valence-electron chi connectivity index (χ4n) is 4.92. The van der Waals surface area contributed by atoms with Crippen LogP contribution in [0, 0.1) is 5.82 Å². The fraction of sp³-hybridized carbons (Fsp3) is 0.226. The molecule has 2 N–H and O–H groups in total. The van der Waals surface area contributed by atoms with E-state index in [0.29, 0.717) is 39.0 Å². The van der Waals surface area contributed by atoms with E-state index in [1.54, 1.807) is 73.7 Å². The fourth-order valence-corrected chi connectivity index (χ4v) is 5.55. The maximum atomic E-state index is 14.7. The highest BCUT2D eigenvalue weighted by Crippen LogP contribution is 2.39. The number of fused-ring (bicyclic) bond motifs is 1. The molecule has 0 aliphatic carbocycles. The molecule has 0 radical (unpaired) electrons. The lowest BCUT2D eigenvalue weighted by molar-refractivity contribution is -0.152. The number of carboxylic acid groups (broad SMARTS) is 1. The van der Waals surface area contributed by atoms with Crippen LogP contribution in [0.4, 0.5) is 21.5 Å². The normalized spacial score (nSPS) is 13.3. The van der Waals surface area contributed by atoms with Crippen molar-refractivity contribution in [2.45, 2.75) is 32.0 Å². The second-order valence-corrected chi connectivity index (χ2v) is 10.4. The number of carboxylic acids is 1. The van der Waals surface area contributed by atoms with Gasteiger partial charge in [0.1, 0.15) is 5.82 Å². The van der Waals surface area contributed by atoms with Gasteiger partial charge in [-0.25, -0.2) is 17.7 Å². The Morgan fingerprint density at radius 2 is 1.50 bits per heavy atom. The van der Waals surface area contributed by atoms with Crippen molar-refractivity contribution in [3.63, 3.8) is 0 Å². The number of carbonyl (C=O) groups is 2. The van der Waals surface area contributed by atoms with E-state index < -0.39 is 41.2 Å². The molecular weight excluding hydrogens is 563 g/mol. The molecule has 0 bridgehead atoms. The average Bonchev–Trinajstić information content (AvgIpc) is 2.97. The van der Waals surface area contributed by atoms with Crippen LogP contribution in [0.3, 0.4) is 0 Å². The van der Waals surface area contributed by atoms with Crippen LogP contribution >= 0.6 is 0 Å². The Kier molecular flexibility index (Phi) is 9.89. The molecule has 42 heavy (non-hydrogen) atoms. The highest BCUT2D eigenvalue weighted by molar-refractivity contribution is 7.81. The van der Waals surface area contributed by atoms with Gasteiger partial charge < -0.3 is 19.5 Å². The van der Waals surface area contributed by atoms with Gasteiger partial charge in [0.25, 0.3) is 11.3 Å². The van der Waals surface area contributed by atoms with Crippen molar-refractivity contribution in [1.29, 1.82) is 0 Å². The second-order valence-electron chi connectivity index (χ2n) is 9.57. The van der Waals surface area contributed by atoms with Gasteiger partial charge in [-0.15, -0.1) is 0 Å². The summed E-state index contributed by atoms with van der Waals surface area (Å²) in [7, 11) is 2.64. The Morgan fingerprint density at radius 3 is 2.07 bits per heavy atom. The zero-order valence-corrected chi connectivity index (χ0v) is 24.1. The Balaban J connectivity index is 1.82. The highest BCUT2D eigenvalue weighted by Gasteiger charge is 2.25. The van der Waals surface area contributed by atoms with Gasteiger partial charge in [0.2, 0.25) is 0 Å². The van der Waals surface area contributed by atoms with Crippen molar-refractivity contribution in [2.24, 2.45) is 0 Å². The van der Waals surface area contributed by atoms with Crippen molar-refractivity contribution in [3.8, 4) is 0 Å². The molecule has 0 aliphatic rings. The number of rotatable bonds is 12. The van der Waals surface area contributed by atoms with E-state index in [4.69, 9.17) is 9.47 Å². The Labute approximate surface area is 245 Å². The lowest BCUT2D eigenvalue weighted by Gasteiger charge is -2.33. The molecule has 0 aliphatic heterocycles. The van der Waals surface area contributed by atoms with Gasteiger partial charge in [0.05, 0.1) is 24.9 Å². The second kappa shape index (κ2) is 13.6. The minimum Gasteiger partial charge on any atom is -0.481 e. The number of carbonyl (C=O) groups excluding carboxylic acids is 1. The predicted molar refractivity (Wildman–Crippen MR) is 159 cm³/mol. The van der Waals surface area contributed by atoms with Crippen LogP contribution in [0.25, 0.3) is 10.8 Å². The molecule has 3 atom stereocenters. The number of ether oxygens (including phenoxy) is 2. The summed E-state index contributed by atoms with van der Waals surface area (Å²) >= 11 is -2.49. The van der Waals surface area contributed by atoms with Gasteiger partial charge in [0.15, 0.2) is 6.10 Å². The van der Waals surface area contributed by atoms with Crippen LogP contribution < -0.4 is 9.21 Å². The van der Waals surface area contributed by atoms with Crippen molar-refractivity contribution in [3.05, 3.63) is 102 Å². The van der Waals surface area contributed by atoms with Crippen molar-refractivity contribution < 1.29 is 37.3 Å². The van der Waals surface area contributed by atoms with Crippen molar-refractivity contribution in [1.82, 2.24) is 0 Å². The Morgan fingerprint density at radius 1 is 0.905 bits per heavy atom. The maximum absolute atomic E-state index is 14.7. The maximum Gasteiger partial charge on any atom is 0.339 e. The molecule has 0 amide bonds. The largest absolute Gasteiger partial charge is 0.481 e. The van der Waals surface area contributed by atoms with Gasteiger partial charge in [-0.1, -0.05) is 54.6 Å². The molecule has 2 unspecified atom stereocenters. The Bertz CT molecular complexity index is 1600. The lowest BCUT2D eigenvalue weighted by atomic mass is 10.0. The van der Waals surface area contributed by atoms with Gasteiger partial charge in [-0.05, 0) is 42.8 Å². The molecule has 0 spiro atoms. The smallest absolute Gasteiger partial charge is 0.339 e. The van der Waals surface area contributed by atoms with Gasteiger partial charge in [0, 0.05) is 41.7 Å². The third kappa shape index (κ3) is 6.59. The van der Waals surface area contributed by atoms with E-state index in [0.717, 1.165) is 0 Å². The number of halogens is 1. The SMILES string of the molecule is COC(=O)C(OC)c1ccc(N(c2ccc(N(Cc3ccccc3F)[C@@H](C)CC(=O)O)c3ccccc23)S(=O)O)cc1. The van der Waals surface area contributed by atoms with E-state index in [9.17, 15) is 27.8 Å². The summed E-state index contributed by atoms with van der Waals surface area (Å²) in [6.07, 6.45) is -1.14. The first-order chi connectivity index (χ1) is 20.2. The van der Waals surface area contributed by atoms with E-state index in [1.165, 1.54) is 24.6 Å². The van der Waals surface area contributed by atoms with Crippen LogP contribution in [0.5, 0.6) is 0 Å². The molecule has 9 nitrogen and oxygen atoms in total. The van der Waals surface area contributed by atoms with Crippen LogP contribution in [-0.2, 0) is 36.9 Å². The molecular formula is C31H31FN2O7S. The van der Waals surface area contributed by atoms with Crippen molar-refractivity contribution in [2.75, 3.05) is 23.4 Å². The molecule has 4 rings (SSSR count). The summed E-state index contributed by atoms with van der Waals surface area (Å²) in [5, 5.41) is 10.8. The summed E-state index contributed by atoms with van der Waals surface area (Å²) in [4.78, 5) is 25.5. The first-order valence-corrected chi connectivity index (χ1v) is 14.1. The van der Waals surface area contributed by atoms with Gasteiger partial charge in [-0.3, -0.25) is 9.35 Å². The number of benzene rings is 4. The minimum atomic E-state index is -2.49. The quantitative estimate of drug-likeness (QED) is 0.152. The molecule has 4 aromatic carbocycles. The zero-order chi connectivity index (χ0) is 30.4. The topological polar surface area (TPSA) is 117 Å². The summed E-state index contributed by atoms with van der Waals surface area (Å²) in [5.41, 5.74) is 2.34. The number of hydrogen-bond donors (Lipinski definition) is 2. The van der Waals surface area contributed by atoms with Crippen molar-refractivity contribution >= 4 is 51.0 Å². The summed E-state index contributed by atoms with van der Waals surface area (Å²) < 4.78 is 49.1. The number of esters is 1. The van der Waals surface area contributed by atoms with E-state index in [-0.39, 0.29) is 13.0 Å². The van der Waals surface area contributed by atoms with Crippen LogP contribution in [0.1, 0.15) is 30.6 Å². The third-order valence-electron chi connectivity index (χ3n) is 6.94. The lowest BCUT2D eigenvalue weighted by Crippen LogP contribution is -2.35. The average molecular weight is 595 g/mol. The summed E-state index contributed by atoms with van der Waals surface area (Å²) in [6.45, 7) is 1.87. The predicted octanol–water partition coefficient (Wildman–Crippen LogP) is 5.98. The van der Waals surface area contributed by atoms with Crippen LogP contribution in [0.2, 0.25) is 0 Å². The first kappa shape index (κ1) is 30.6. The third-order valence-corrected chi connectivity index (χ3v) is 7.66. The number of anilines is 3. The zero-order valence-electron chi connectivity index (χ0n) is 23.3. The van der Waals surface area contributed by atoms with E-state index in [1.807, 2.05) is 17.0 Å². The standard InChI is InChI=1S/C31H31FN2O7S/c1-20(18-29(35)36)33(19-22-8-4-7-11-26(22)32)27-16-17-28(25-10-6-5-9-24(25)27)34(42(38)39)23-14-12-21(13-15-23)30(40-2)31(37)41-3/h4-17,20,30H,18-19H2,1-3H3,(H,35,36)(H,38,39)/t20-,30?/m0/s1. The number of nitrogens with zero attached hydrogens (tertiary/aromatic N) is 2. The summed E-state index contributed by atoms with van der Waals surface area (Å²) in [5.74, 6) is -1.97. The van der Waals surface area contributed by atoms with Crippen LogP contribution in [-0.4, -0.2) is 46.1 Å². The molecule has 220 valence electrons. The molecule has 0 saturated heterocycles. The number of aliphatic carboxylic acids is 1. The van der Waals surface area contributed by atoms with E-state index in [2.05, 4.69) is 0 Å². The van der Waals surface area contributed by atoms with Gasteiger partial charge >= 0.3 is 11.9 Å². The molecule has 0 aromatic heterocycles. The summed E-state index contributed by atoms with van der Waals surface area (Å²) in [6, 6.07) is 22.9. The van der Waals surface area contributed by atoms with E-state index >= 15 is 0 Å². The molecule has 0 saturated carbocycles. The monoisotopic (exact) mass is 594 g/mol. The number of methoxy groups -OCH3 is 2.